The van der Waals surface area contributed by atoms with Crippen LogP contribution in [0.4, 0.5) is 5.82 Å². The van der Waals surface area contributed by atoms with Crippen molar-refractivity contribution in [1.82, 2.24) is 9.97 Å². The minimum absolute atomic E-state index is 0.0851. The van der Waals surface area contributed by atoms with Gasteiger partial charge in [-0.2, -0.15) is 0 Å². The fourth-order valence-corrected chi connectivity index (χ4v) is 1.48. The van der Waals surface area contributed by atoms with Crippen LogP contribution in [0.1, 0.15) is 34.1 Å². The minimum atomic E-state index is -0.0851. The number of aromatic nitrogens is 2. The molecule has 0 aromatic carbocycles. The van der Waals surface area contributed by atoms with Crippen LogP contribution in [0.25, 0.3) is 0 Å². The van der Waals surface area contributed by atoms with Crippen LogP contribution in [0.3, 0.4) is 0 Å². The number of ether oxygens (including phenoxy) is 1. The van der Waals surface area contributed by atoms with Gasteiger partial charge in [-0.15, -0.1) is 0 Å². The molecule has 0 saturated heterocycles. The molecule has 3 N–H and O–H groups in total. The van der Waals surface area contributed by atoms with E-state index in [1.807, 2.05) is 13.8 Å². The zero-order valence-electron chi connectivity index (χ0n) is 11.0. The van der Waals surface area contributed by atoms with Crippen LogP contribution in [0.15, 0.2) is 12.4 Å². The first kappa shape index (κ1) is 13.7. The molecule has 0 unspecified atom stereocenters. The van der Waals surface area contributed by atoms with Crippen LogP contribution in [-0.2, 0) is 0 Å². The molecule has 1 aromatic rings. The Kier molecular flexibility index (Phi) is 4.69. The molecular weight excluding hydrogens is 216 g/mol. The van der Waals surface area contributed by atoms with Gasteiger partial charge in [-0.05, 0) is 40.7 Å². The number of nitrogens with one attached hydrogen (secondary N) is 1. The summed E-state index contributed by atoms with van der Waals surface area (Å²) in [4.78, 5) is 8.23. The second-order valence-electron chi connectivity index (χ2n) is 4.96. The Balaban J connectivity index is 2.71. The lowest BCUT2D eigenvalue weighted by Gasteiger charge is -2.26. The normalized spacial score (nSPS) is 11.6. The Bertz CT molecular complexity index is 352. The van der Waals surface area contributed by atoms with Gasteiger partial charge < -0.3 is 15.8 Å². The summed E-state index contributed by atoms with van der Waals surface area (Å²) in [5, 5.41) is 3.32. The third-order valence-corrected chi connectivity index (χ3v) is 2.23. The molecule has 1 rings (SSSR count). The van der Waals surface area contributed by atoms with Crippen molar-refractivity contribution in [2.24, 2.45) is 5.73 Å². The molecular formula is C12H22N4O. The molecule has 0 bridgehead atoms. The van der Waals surface area contributed by atoms with E-state index < -0.39 is 0 Å². The molecule has 5 nitrogen and oxygen atoms in total. The van der Waals surface area contributed by atoms with E-state index >= 15 is 0 Å². The molecule has 1 aromatic heterocycles. The van der Waals surface area contributed by atoms with E-state index in [0.29, 0.717) is 12.4 Å². The minimum Gasteiger partial charge on any atom is -0.475 e. The van der Waals surface area contributed by atoms with Crippen molar-refractivity contribution < 1.29 is 4.74 Å². The van der Waals surface area contributed by atoms with Crippen LogP contribution < -0.4 is 15.8 Å². The average molecular weight is 238 g/mol. The Labute approximate surface area is 103 Å². The summed E-state index contributed by atoms with van der Waals surface area (Å²) in [5.41, 5.74) is 5.48. The van der Waals surface area contributed by atoms with Crippen LogP contribution in [0.2, 0.25) is 0 Å². The number of nitrogens with zero attached hydrogens (tertiary/aromatic N) is 2. The molecule has 0 radical (unpaired) electrons. The van der Waals surface area contributed by atoms with Crippen molar-refractivity contribution in [1.29, 1.82) is 0 Å². The summed E-state index contributed by atoms with van der Waals surface area (Å²) >= 11 is 0. The standard InChI is InChI=1S/C12H22N4O/c1-9(2)17-11-7-10(14-8-15-11)16-12(3,4)5-6-13/h7-9H,5-6,13H2,1-4H3,(H,14,15,16). The van der Waals surface area contributed by atoms with E-state index in [9.17, 15) is 0 Å². The summed E-state index contributed by atoms with van der Waals surface area (Å²) in [6, 6.07) is 1.80. The second kappa shape index (κ2) is 5.82. The average Bonchev–Trinajstić information content (AvgIpc) is 2.15. The highest BCUT2D eigenvalue weighted by Crippen LogP contribution is 2.18. The van der Waals surface area contributed by atoms with E-state index in [1.165, 1.54) is 6.33 Å². The third kappa shape index (κ3) is 4.99. The fraction of sp³-hybridized carbons (Fsp3) is 0.667. The van der Waals surface area contributed by atoms with Gasteiger partial charge in [0.15, 0.2) is 0 Å². The predicted octanol–water partition coefficient (Wildman–Crippen LogP) is 1.80. The third-order valence-electron chi connectivity index (χ3n) is 2.23. The first-order chi connectivity index (χ1) is 7.93. The molecule has 0 aliphatic carbocycles. The lowest BCUT2D eigenvalue weighted by atomic mass is 10.0. The maximum Gasteiger partial charge on any atom is 0.218 e. The van der Waals surface area contributed by atoms with Crippen LogP contribution >= 0.6 is 0 Å². The summed E-state index contributed by atoms with van der Waals surface area (Å²) in [6.45, 7) is 8.75. The van der Waals surface area contributed by atoms with E-state index in [1.54, 1.807) is 6.07 Å². The zero-order valence-corrected chi connectivity index (χ0v) is 11.0. The van der Waals surface area contributed by atoms with Gasteiger partial charge >= 0.3 is 0 Å². The van der Waals surface area contributed by atoms with Gasteiger partial charge in [0.1, 0.15) is 12.1 Å². The van der Waals surface area contributed by atoms with Crippen LogP contribution in [-0.4, -0.2) is 28.2 Å². The molecule has 0 aliphatic heterocycles. The topological polar surface area (TPSA) is 73.1 Å². The smallest absolute Gasteiger partial charge is 0.218 e. The number of hydrogen-bond donors (Lipinski definition) is 2. The summed E-state index contributed by atoms with van der Waals surface area (Å²) in [6.07, 6.45) is 2.48. The van der Waals surface area contributed by atoms with Crippen LogP contribution in [0.5, 0.6) is 5.88 Å². The zero-order chi connectivity index (χ0) is 12.9. The molecule has 0 atom stereocenters. The van der Waals surface area contributed by atoms with Crippen molar-refractivity contribution in [2.45, 2.75) is 45.8 Å². The van der Waals surface area contributed by atoms with Gasteiger partial charge in [-0.1, -0.05) is 0 Å². The van der Waals surface area contributed by atoms with Gasteiger partial charge in [0.2, 0.25) is 5.88 Å². The summed E-state index contributed by atoms with van der Waals surface area (Å²) in [7, 11) is 0. The van der Waals surface area contributed by atoms with Crippen molar-refractivity contribution in [3.05, 3.63) is 12.4 Å². The van der Waals surface area contributed by atoms with Crippen molar-refractivity contribution in [2.75, 3.05) is 11.9 Å². The number of hydrogen-bond acceptors (Lipinski definition) is 5. The molecule has 0 amide bonds. The largest absolute Gasteiger partial charge is 0.475 e. The second-order valence-corrected chi connectivity index (χ2v) is 4.96. The SMILES string of the molecule is CC(C)Oc1cc(NC(C)(C)CCN)ncn1. The molecule has 0 aliphatic rings. The first-order valence-corrected chi connectivity index (χ1v) is 5.90. The molecule has 5 heteroatoms. The molecule has 0 fully saturated rings. The Morgan fingerprint density at radius 3 is 2.71 bits per heavy atom. The molecule has 1 heterocycles. The molecule has 17 heavy (non-hydrogen) atoms. The number of anilines is 1. The monoisotopic (exact) mass is 238 g/mol. The number of nitrogens with two attached hydrogens (primary N) is 1. The maximum atomic E-state index is 5.57. The van der Waals surface area contributed by atoms with Crippen molar-refractivity contribution in [3.8, 4) is 5.88 Å². The Morgan fingerprint density at radius 2 is 2.12 bits per heavy atom. The Hall–Kier alpha value is -1.36. The summed E-state index contributed by atoms with van der Waals surface area (Å²) in [5.74, 6) is 1.34. The maximum absolute atomic E-state index is 5.57. The molecule has 96 valence electrons. The molecule has 0 spiro atoms. The van der Waals surface area contributed by atoms with Gasteiger partial charge in [-0.3, -0.25) is 0 Å². The van der Waals surface area contributed by atoms with E-state index in [4.69, 9.17) is 10.5 Å². The van der Waals surface area contributed by atoms with E-state index in [-0.39, 0.29) is 11.6 Å². The lowest BCUT2D eigenvalue weighted by molar-refractivity contribution is 0.232. The number of rotatable bonds is 6. The quantitative estimate of drug-likeness (QED) is 0.790. The van der Waals surface area contributed by atoms with Crippen molar-refractivity contribution in [3.63, 3.8) is 0 Å². The summed E-state index contributed by atoms with van der Waals surface area (Å²) < 4.78 is 5.51. The van der Waals surface area contributed by atoms with Gasteiger partial charge in [0.05, 0.1) is 6.10 Å². The Morgan fingerprint density at radius 1 is 1.41 bits per heavy atom. The van der Waals surface area contributed by atoms with Crippen LogP contribution in [0, 0.1) is 0 Å². The van der Waals surface area contributed by atoms with Gasteiger partial charge in [-0.25, -0.2) is 9.97 Å². The van der Waals surface area contributed by atoms with Gasteiger partial charge in [0, 0.05) is 11.6 Å². The highest BCUT2D eigenvalue weighted by atomic mass is 16.5. The molecule has 0 saturated carbocycles. The fourth-order valence-electron chi connectivity index (χ4n) is 1.48. The van der Waals surface area contributed by atoms with E-state index in [0.717, 1.165) is 12.2 Å². The lowest BCUT2D eigenvalue weighted by Crippen LogP contribution is -2.33. The highest BCUT2D eigenvalue weighted by Gasteiger charge is 2.17. The first-order valence-electron chi connectivity index (χ1n) is 5.90. The van der Waals surface area contributed by atoms with Gasteiger partial charge in [0.25, 0.3) is 0 Å². The predicted molar refractivity (Wildman–Crippen MR) is 69.2 cm³/mol. The van der Waals surface area contributed by atoms with Crippen molar-refractivity contribution >= 4 is 5.82 Å². The highest BCUT2D eigenvalue weighted by molar-refractivity contribution is 5.39. The van der Waals surface area contributed by atoms with E-state index in [2.05, 4.69) is 29.1 Å².